The minimum atomic E-state index is -4.06. The summed E-state index contributed by atoms with van der Waals surface area (Å²) in [5.74, 6) is -0.119. The van der Waals surface area contributed by atoms with Gasteiger partial charge < -0.3 is 29.6 Å². The number of nitrogen functional groups attached to an aromatic ring is 1. The predicted molar refractivity (Wildman–Crippen MR) is 137 cm³/mol. The van der Waals surface area contributed by atoms with Crippen molar-refractivity contribution in [3.8, 4) is 5.75 Å². The highest BCUT2D eigenvalue weighted by molar-refractivity contribution is 7.52. The highest BCUT2D eigenvalue weighted by Gasteiger charge is 2.46. The zero-order valence-electron chi connectivity index (χ0n) is 22.0. The second-order valence-electron chi connectivity index (χ2n) is 9.82. The molecule has 6 atom stereocenters. The van der Waals surface area contributed by atoms with E-state index in [1.54, 1.807) is 58.0 Å². The number of aliphatic hydroxyl groups excluding tert-OH is 1. The fourth-order valence-electron chi connectivity index (χ4n) is 3.49. The zero-order valence-corrected chi connectivity index (χ0v) is 22.9. The fourth-order valence-corrected chi connectivity index (χ4v) is 4.92. The molecule has 4 unspecified atom stereocenters. The van der Waals surface area contributed by atoms with Crippen LogP contribution in [0.2, 0.25) is 0 Å². The molecule has 1 aliphatic rings. The number of carbonyl (C=O) groups excluding carboxylic acids is 1. The number of hydrogen-bond acceptors (Lipinski definition) is 11. The number of nitrogens with zero attached hydrogens (tertiary/aromatic N) is 2. The van der Waals surface area contributed by atoms with E-state index in [0.717, 1.165) is 4.57 Å². The van der Waals surface area contributed by atoms with E-state index < -0.39 is 55.5 Å². The first-order valence-corrected chi connectivity index (χ1v) is 13.5. The number of para-hydroxylation sites is 1. The third kappa shape index (κ3) is 7.62. The molecule has 0 radical (unpaired) electrons. The molecule has 210 valence electrons. The Morgan fingerprint density at radius 3 is 2.58 bits per heavy atom. The highest BCUT2D eigenvalue weighted by Crippen LogP contribution is 2.45. The normalized spacial score (nSPS) is 23.9. The van der Waals surface area contributed by atoms with Gasteiger partial charge in [-0.3, -0.25) is 13.9 Å². The molecule has 1 saturated heterocycles. The van der Waals surface area contributed by atoms with Crippen molar-refractivity contribution in [2.45, 2.75) is 58.3 Å². The molecule has 3 rings (SSSR count). The van der Waals surface area contributed by atoms with Crippen LogP contribution in [0.25, 0.3) is 0 Å². The van der Waals surface area contributed by atoms with Gasteiger partial charge in [-0.05, 0) is 45.9 Å². The van der Waals surface area contributed by atoms with E-state index >= 15 is 0 Å². The van der Waals surface area contributed by atoms with E-state index in [9.17, 15) is 19.3 Å². The number of ether oxygens (including phenoxy) is 3. The number of nitrogens with two attached hydrogens (primary N) is 1. The first-order valence-electron chi connectivity index (χ1n) is 12.0. The van der Waals surface area contributed by atoms with Gasteiger partial charge in [-0.1, -0.05) is 18.2 Å². The van der Waals surface area contributed by atoms with Crippen LogP contribution in [0.15, 0.2) is 47.4 Å². The smallest absolute Gasteiger partial charge is 0.458 e. The molecule has 2 aromatic rings. The third-order valence-electron chi connectivity index (χ3n) is 5.58. The second kappa shape index (κ2) is 12.4. The summed E-state index contributed by atoms with van der Waals surface area (Å²) < 4.78 is 42.7. The van der Waals surface area contributed by atoms with Crippen molar-refractivity contribution in [3.63, 3.8) is 0 Å². The first-order chi connectivity index (χ1) is 17.8. The molecule has 14 heteroatoms. The van der Waals surface area contributed by atoms with Crippen LogP contribution in [0.4, 0.5) is 5.82 Å². The summed E-state index contributed by atoms with van der Waals surface area (Å²) in [6.07, 6.45) is -3.55. The molecule has 1 aliphatic heterocycles. The van der Waals surface area contributed by atoms with E-state index in [1.165, 1.54) is 19.4 Å². The number of rotatable bonds is 11. The molecule has 4 N–H and O–H groups in total. The van der Waals surface area contributed by atoms with Gasteiger partial charge in [0.15, 0.2) is 6.23 Å². The van der Waals surface area contributed by atoms with Crippen LogP contribution >= 0.6 is 7.75 Å². The van der Waals surface area contributed by atoms with Crippen LogP contribution in [0.5, 0.6) is 5.75 Å². The molecule has 1 aromatic heterocycles. The third-order valence-corrected chi connectivity index (χ3v) is 7.09. The fraction of sp³-hybridized carbons (Fsp3) is 0.542. The first kappa shape index (κ1) is 29.8. The maximum atomic E-state index is 13.7. The molecule has 38 heavy (non-hydrogen) atoms. The number of esters is 1. The number of carbonyl (C=O) groups is 1. The lowest BCUT2D eigenvalue weighted by molar-refractivity contribution is -0.157. The Labute approximate surface area is 220 Å². The lowest BCUT2D eigenvalue weighted by atomic mass is 9.97. The Morgan fingerprint density at radius 1 is 1.29 bits per heavy atom. The number of aromatic nitrogens is 2. The highest BCUT2D eigenvalue weighted by atomic mass is 31.2. The second-order valence-corrected chi connectivity index (χ2v) is 11.6. The Bertz CT molecular complexity index is 1190. The number of benzene rings is 1. The number of anilines is 1. The lowest BCUT2D eigenvalue weighted by Gasteiger charge is -2.25. The molecular weight excluding hydrogens is 519 g/mol. The summed E-state index contributed by atoms with van der Waals surface area (Å²) in [6, 6.07) is 9.76. The van der Waals surface area contributed by atoms with Crippen molar-refractivity contribution < 1.29 is 37.7 Å². The minimum absolute atomic E-state index is 0.0335. The Kier molecular flexibility index (Phi) is 9.69. The average molecular weight is 555 g/mol. The van der Waals surface area contributed by atoms with Gasteiger partial charge in [0.05, 0.1) is 12.0 Å². The van der Waals surface area contributed by atoms with Crippen molar-refractivity contribution in [3.05, 3.63) is 53.1 Å². The van der Waals surface area contributed by atoms with Gasteiger partial charge in [0.25, 0.3) is 0 Å². The summed E-state index contributed by atoms with van der Waals surface area (Å²) in [4.78, 5) is 28.2. The molecule has 1 fully saturated rings. The molecule has 1 aromatic carbocycles. The van der Waals surface area contributed by atoms with Gasteiger partial charge in [0, 0.05) is 19.9 Å². The van der Waals surface area contributed by atoms with Gasteiger partial charge in [-0.2, -0.15) is 4.98 Å². The van der Waals surface area contributed by atoms with E-state index in [1.807, 2.05) is 0 Å². The molecule has 2 heterocycles. The van der Waals surface area contributed by atoms with Crippen LogP contribution in [0, 0.1) is 5.41 Å². The summed E-state index contributed by atoms with van der Waals surface area (Å²) in [5, 5.41) is 13.5. The largest absolute Gasteiger partial charge is 0.461 e. The minimum Gasteiger partial charge on any atom is -0.461 e. The topological polar surface area (TPSA) is 173 Å². The van der Waals surface area contributed by atoms with Gasteiger partial charge >= 0.3 is 19.4 Å². The van der Waals surface area contributed by atoms with Crippen molar-refractivity contribution >= 4 is 19.5 Å². The molecular formula is C24H35N4O9P. The Balaban J connectivity index is 1.73. The molecule has 0 saturated carbocycles. The Morgan fingerprint density at radius 2 is 1.97 bits per heavy atom. The number of aliphatic hydroxyl groups is 1. The van der Waals surface area contributed by atoms with Gasteiger partial charge in [0.1, 0.15) is 36.0 Å². The lowest BCUT2D eigenvalue weighted by Crippen LogP contribution is -2.38. The maximum absolute atomic E-state index is 13.7. The van der Waals surface area contributed by atoms with E-state index in [0.29, 0.717) is 0 Å². The van der Waals surface area contributed by atoms with Gasteiger partial charge in [-0.15, -0.1) is 0 Å². The number of hydrogen-bond donors (Lipinski definition) is 3. The molecule has 0 spiro atoms. The van der Waals surface area contributed by atoms with Gasteiger partial charge in [0.2, 0.25) is 0 Å². The summed E-state index contributed by atoms with van der Waals surface area (Å²) in [6.45, 7) is 6.38. The molecule has 0 bridgehead atoms. The van der Waals surface area contributed by atoms with E-state index in [-0.39, 0.29) is 24.7 Å². The quantitative estimate of drug-likeness (QED) is 0.272. The van der Waals surface area contributed by atoms with Crippen LogP contribution in [-0.2, 0) is 28.1 Å². The summed E-state index contributed by atoms with van der Waals surface area (Å²) in [5.41, 5.74) is 4.16. The van der Waals surface area contributed by atoms with Crippen molar-refractivity contribution in [1.82, 2.24) is 14.6 Å². The standard InChI is InChI=1S/C24H35N4O9P/c1-15(35-22(30)24(2,3)4)13-26-38(32,37-16-9-7-6-8-10-16)34-14-17-19(29)20(33-5)21(36-17)28-12-11-18(25)27-23(28)31/h6-12,15,17,19-21,29H,13-14H2,1-5H3,(H,26,32)(H2,25,27,31)/t15?,17-,19?,20?,21-,38?/m1/s1. The van der Waals surface area contributed by atoms with E-state index in [2.05, 4.69) is 10.1 Å². The van der Waals surface area contributed by atoms with Crippen LogP contribution in [0.1, 0.15) is 33.9 Å². The molecule has 13 nitrogen and oxygen atoms in total. The zero-order chi connectivity index (χ0) is 28.1. The SMILES string of the molecule is COC1C(O)[C@@H](COP(=O)(NCC(C)OC(=O)C(C)(C)C)Oc2ccccc2)O[C@H]1n1ccc(N)nc1=O. The monoisotopic (exact) mass is 554 g/mol. The van der Waals surface area contributed by atoms with Crippen molar-refractivity contribution in [1.29, 1.82) is 0 Å². The predicted octanol–water partition coefficient (Wildman–Crippen LogP) is 1.87. The number of methoxy groups -OCH3 is 1. The van der Waals surface area contributed by atoms with Crippen LogP contribution < -0.4 is 21.0 Å². The van der Waals surface area contributed by atoms with Crippen LogP contribution in [0.3, 0.4) is 0 Å². The summed E-state index contributed by atoms with van der Waals surface area (Å²) in [7, 11) is -2.71. The van der Waals surface area contributed by atoms with E-state index in [4.69, 9.17) is 29.0 Å². The van der Waals surface area contributed by atoms with Crippen molar-refractivity contribution in [2.75, 3.05) is 26.0 Å². The van der Waals surface area contributed by atoms with Crippen LogP contribution in [-0.4, -0.2) is 65.3 Å². The molecule has 0 amide bonds. The maximum Gasteiger partial charge on any atom is 0.458 e. The number of nitrogens with one attached hydrogen (secondary N) is 1. The van der Waals surface area contributed by atoms with Gasteiger partial charge in [-0.25, -0.2) is 14.4 Å². The van der Waals surface area contributed by atoms with Crippen molar-refractivity contribution in [2.24, 2.45) is 5.41 Å². The average Bonchev–Trinajstić information content (AvgIpc) is 3.16. The molecule has 0 aliphatic carbocycles. The Hall–Kier alpha value is -2.80. The summed E-state index contributed by atoms with van der Waals surface area (Å²) >= 11 is 0.